The van der Waals surface area contributed by atoms with Crippen molar-refractivity contribution in [2.75, 3.05) is 11.9 Å². The fraction of sp³-hybridized carbons (Fsp3) is 0.333. The Morgan fingerprint density at radius 2 is 2.17 bits per heavy atom. The van der Waals surface area contributed by atoms with Crippen LogP contribution in [0.3, 0.4) is 0 Å². The second-order valence-corrected chi connectivity index (χ2v) is 6.20. The summed E-state index contributed by atoms with van der Waals surface area (Å²) in [6.07, 6.45) is 3.95. The number of carbonyl (C=O) groups excluding carboxylic acids is 1. The monoisotopic (exact) mass is 331 g/mol. The average molecular weight is 332 g/mol. The molecule has 5 heteroatoms. The summed E-state index contributed by atoms with van der Waals surface area (Å²) in [5.74, 6) is 0.193. The maximum atomic E-state index is 11.9. The van der Waals surface area contributed by atoms with Gasteiger partial charge in [0.25, 0.3) is 5.91 Å². The Balaban J connectivity index is 1.90. The summed E-state index contributed by atoms with van der Waals surface area (Å²) >= 11 is 6.03. The summed E-state index contributed by atoms with van der Waals surface area (Å²) in [6, 6.07) is 7.30. The number of nitrogens with zero attached hydrogens (tertiary/aromatic N) is 1. The number of halogens is 1. The molecular weight excluding hydrogens is 310 g/mol. The fourth-order valence-electron chi connectivity index (χ4n) is 2.37. The van der Waals surface area contributed by atoms with Crippen molar-refractivity contribution in [2.45, 2.75) is 26.7 Å². The molecule has 4 nitrogen and oxygen atoms in total. The van der Waals surface area contributed by atoms with Gasteiger partial charge in [-0.05, 0) is 50.3 Å². The molecule has 1 aliphatic rings. The lowest BCUT2D eigenvalue weighted by Gasteiger charge is -2.22. The van der Waals surface area contributed by atoms with Gasteiger partial charge < -0.3 is 5.32 Å². The van der Waals surface area contributed by atoms with Gasteiger partial charge in [-0.25, -0.2) is 5.43 Å². The van der Waals surface area contributed by atoms with Crippen molar-refractivity contribution < 1.29 is 4.79 Å². The zero-order valence-electron chi connectivity index (χ0n) is 13.5. The first-order valence-electron chi connectivity index (χ1n) is 7.63. The predicted octanol–water partition coefficient (Wildman–Crippen LogP) is 4.16. The first-order chi connectivity index (χ1) is 11.0. The van der Waals surface area contributed by atoms with Gasteiger partial charge in [-0.1, -0.05) is 42.0 Å². The highest BCUT2D eigenvalue weighted by Gasteiger charge is 2.18. The van der Waals surface area contributed by atoms with Crippen LogP contribution in [0.2, 0.25) is 5.02 Å². The molecule has 23 heavy (non-hydrogen) atoms. The second-order valence-electron chi connectivity index (χ2n) is 5.80. The topological polar surface area (TPSA) is 53.5 Å². The highest BCUT2D eigenvalue weighted by Crippen LogP contribution is 2.26. The van der Waals surface area contributed by atoms with Gasteiger partial charge in [-0.15, -0.1) is 0 Å². The molecule has 0 aliphatic heterocycles. The number of rotatable bonds is 5. The van der Waals surface area contributed by atoms with Crippen LogP contribution in [0.4, 0.5) is 5.69 Å². The third kappa shape index (κ3) is 4.96. The summed E-state index contributed by atoms with van der Waals surface area (Å²) in [4.78, 5) is 11.9. The quantitative estimate of drug-likeness (QED) is 0.629. The molecule has 1 aromatic carbocycles. The van der Waals surface area contributed by atoms with Crippen molar-refractivity contribution in [1.29, 1.82) is 0 Å². The van der Waals surface area contributed by atoms with E-state index in [4.69, 9.17) is 11.6 Å². The molecule has 0 saturated carbocycles. The Bertz CT molecular complexity index is 664. The van der Waals surface area contributed by atoms with Crippen molar-refractivity contribution in [3.63, 3.8) is 0 Å². The molecule has 2 N–H and O–H groups in total. The average Bonchev–Trinajstić information content (AvgIpc) is 2.53. The van der Waals surface area contributed by atoms with E-state index in [1.54, 1.807) is 6.07 Å². The molecule has 0 aromatic heterocycles. The number of hydrogen-bond donors (Lipinski definition) is 2. The highest BCUT2D eigenvalue weighted by atomic mass is 35.5. The van der Waals surface area contributed by atoms with Crippen LogP contribution < -0.4 is 10.7 Å². The Morgan fingerprint density at radius 3 is 2.87 bits per heavy atom. The van der Waals surface area contributed by atoms with Crippen molar-refractivity contribution in [3.05, 3.63) is 53.1 Å². The van der Waals surface area contributed by atoms with E-state index in [0.717, 1.165) is 35.4 Å². The molecule has 0 unspecified atom stereocenters. The predicted molar refractivity (Wildman–Crippen MR) is 96.8 cm³/mol. The normalized spacial score (nSPS) is 19.2. The van der Waals surface area contributed by atoms with Gasteiger partial charge in [-0.2, -0.15) is 5.10 Å². The van der Waals surface area contributed by atoms with E-state index < -0.39 is 0 Å². The van der Waals surface area contributed by atoms with E-state index in [2.05, 4.69) is 28.5 Å². The smallest absolute Gasteiger partial charge is 0.259 e. The summed E-state index contributed by atoms with van der Waals surface area (Å²) in [5, 5.41) is 7.85. The molecule has 0 radical (unpaired) electrons. The number of benzene rings is 1. The van der Waals surface area contributed by atoms with Crippen LogP contribution in [0.15, 0.2) is 53.2 Å². The van der Waals surface area contributed by atoms with Crippen molar-refractivity contribution in [2.24, 2.45) is 11.0 Å². The van der Waals surface area contributed by atoms with Crippen molar-refractivity contribution >= 4 is 28.9 Å². The van der Waals surface area contributed by atoms with Crippen molar-refractivity contribution in [1.82, 2.24) is 5.43 Å². The lowest BCUT2D eigenvalue weighted by Crippen LogP contribution is -2.28. The SMILES string of the molecule is C=C(C)[C@@H]1CC=C(C)/C(=N/NC(=O)CNc2ccccc2Cl)C1. The summed E-state index contributed by atoms with van der Waals surface area (Å²) in [6.45, 7) is 8.18. The third-order valence-electron chi connectivity index (χ3n) is 3.93. The van der Waals surface area contributed by atoms with Crippen LogP contribution >= 0.6 is 11.6 Å². The molecule has 0 fully saturated rings. The van der Waals surface area contributed by atoms with Crippen LogP contribution in [0, 0.1) is 5.92 Å². The highest BCUT2D eigenvalue weighted by molar-refractivity contribution is 6.33. The number of para-hydroxylation sites is 1. The van der Waals surface area contributed by atoms with E-state index in [-0.39, 0.29) is 12.5 Å². The van der Waals surface area contributed by atoms with Gasteiger partial charge in [0, 0.05) is 0 Å². The largest absolute Gasteiger partial charge is 0.375 e. The second kappa shape index (κ2) is 7.97. The zero-order chi connectivity index (χ0) is 16.8. The minimum atomic E-state index is -0.206. The van der Waals surface area contributed by atoms with Crippen LogP contribution in [-0.2, 0) is 4.79 Å². The molecule has 0 saturated heterocycles. The van der Waals surface area contributed by atoms with Crippen LogP contribution in [0.1, 0.15) is 26.7 Å². The van der Waals surface area contributed by atoms with E-state index in [1.807, 2.05) is 32.0 Å². The van der Waals surface area contributed by atoms with E-state index in [9.17, 15) is 4.79 Å². The Morgan fingerprint density at radius 1 is 1.43 bits per heavy atom. The molecule has 1 atom stereocenters. The van der Waals surface area contributed by atoms with Gasteiger partial charge in [-0.3, -0.25) is 4.79 Å². The minimum absolute atomic E-state index is 0.118. The fourth-order valence-corrected chi connectivity index (χ4v) is 2.58. The molecule has 1 aliphatic carbocycles. The molecule has 1 amide bonds. The number of hydrogen-bond acceptors (Lipinski definition) is 3. The Hall–Kier alpha value is -2.07. The zero-order valence-corrected chi connectivity index (χ0v) is 14.3. The number of nitrogens with one attached hydrogen (secondary N) is 2. The molecule has 0 bridgehead atoms. The standard InChI is InChI=1S/C18H22ClN3O/c1-12(2)14-9-8-13(3)17(10-14)21-22-18(23)11-20-16-7-5-4-6-15(16)19/h4-8,14,20H,1,9-11H2,2-3H3,(H,22,23)/b21-17+/t14-/m1/s1. The first-order valence-corrected chi connectivity index (χ1v) is 8.01. The molecule has 122 valence electrons. The lowest BCUT2D eigenvalue weighted by atomic mass is 9.85. The van der Waals surface area contributed by atoms with Gasteiger partial charge in [0.05, 0.1) is 23.0 Å². The lowest BCUT2D eigenvalue weighted by molar-refractivity contribution is -0.119. The van der Waals surface area contributed by atoms with Gasteiger partial charge >= 0.3 is 0 Å². The van der Waals surface area contributed by atoms with Crippen LogP contribution in [-0.4, -0.2) is 18.2 Å². The number of hydrazone groups is 1. The Labute approximate surface area is 142 Å². The molecular formula is C18H22ClN3O. The van der Waals surface area contributed by atoms with Gasteiger partial charge in [0.2, 0.25) is 0 Å². The number of allylic oxidation sites excluding steroid dienone is 3. The Kier molecular flexibility index (Phi) is 5.99. The van der Waals surface area contributed by atoms with Crippen LogP contribution in [0.25, 0.3) is 0 Å². The van der Waals surface area contributed by atoms with Gasteiger partial charge in [0.1, 0.15) is 0 Å². The van der Waals surface area contributed by atoms with Gasteiger partial charge in [0.15, 0.2) is 0 Å². The van der Waals surface area contributed by atoms with E-state index in [1.165, 1.54) is 0 Å². The molecule has 0 heterocycles. The number of amides is 1. The maximum absolute atomic E-state index is 11.9. The number of anilines is 1. The summed E-state index contributed by atoms with van der Waals surface area (Å²) in [5.41, 5.74) is 6.51. The molecule has 1 aromatic rings. The molecule has 2 rings (SSSR count). The van der Waals surface area contributed by atoms with Crippen molar-refractivity contribution in [3.8, 4) is 0 Å². The maximum Gasteiger partial charge on any atom is 0.259 e. The summed E-state index contributed by atoms with van der Waals surface area (Å²) in [7, 11) is 0. The third-order valence-corrected chi connectivity index (χ3v) is 4.26. The summed E-state index contributed by atoms with van der Waals surface area (Å²) < 4.78 is 0. The van der Waals surface area contributed by atoms with E-state index in [0.29, 0.717) is 10.9 Å². The minimum Gasteiger partial charge on any atom is -0.375 e. The van der Waals surface area contributed by atoms with E-state index >= 15 is 0 Å². The van der Waals surface area contributed by atoms with Crippen LogP contribution in [0.5, 0.6) is 0 Å². The molecule has 0 spiro atoms. The number of carbonyl (C=O) groups is 1. The first kappa shape index (κ1) is 17.3.